The van der Waals surface area contributed by atoms with E-state index in [1.165, 1.54) is 12.1 Å². The summed E-state index contributed by atoms with van der Waals surface area (Å²) in [7, 11) is 0. The first-order valence-corrected chi connectivity index (χ1v) is 6.16. The lowest BCUT2D eigenvalue weighted by Crippen LogP contribution is -2.11. The van der Waals surface area contributed by atoms with E-state index in [-0.39, 0.29) is 5.56 Å². The largest absolute Gasteiger partial charge is 0.382 e. The Morgan fingerprint density at radius 3 is 2.89 bits per heavy atom. The third-order valence-electron chi connectivity index (χ3n) is 2.72. The molecule has 2 rings (SSSR count). The summed E-state index contributed by atoms with van der Waals surface area (Å²) in [6, 6.07) is 5.93. The second kappa shape index (κ2) is 5.50. The fourth-order valence-electron chi connectivity index (χ4n) is 1.86. The molecule has 5 heteroatoms. The first-order chi connectivity index (χ1) is 8.63. The Morgan fingerprint density at radius 2 is 2.22 bits per heavy atom. The summed E-state index contributed by atoms with van der Waals surface area (Å²) < 4.78 is 15.4. The van der Waals surface area contributed by atoms with E-state index in [9.17, 15) is 9.50 Å². The maximum atomic E-state index is 13.7. The number of aromatic nitrogens is 2. The van der Waals surface area contributed by atoms with Crippen molar-refractivity contribution in [3.63, 3.8) is 0 Å². The van der Waals surface area contributed by atoms with E-state index in [4.69, 9.17) is 11.6 Å². The predicted molar refractivity (Wildman–Crippen MR) is 68.0 cm³/mol. The van der Waals surface area contributed by atoms with Crippen LogP contribution in [-0.2, 0) is 6.54 Å². The SMILES string of the molecule is CCCn1nccc1C(O)c1ccc(Cl)cc1F. The molecule has 0 amide bonds. The van der Waals surface area contributed by atoms with Crippen molar-refractivity contribution >= 4 is 11.6 Å². The average molecular weight is 269 g/mol. The van der Waals surface area contributed by atoms with Crippen LogP contribution in [0, 0.1) is 5.82 Å². The maximum absolute atomic E-state index is 13.7. The molecule has 0 fully saturated rings. The van der Waals surface area contributed by atoms with Crippen molar-refractivity contribution in [1.82, 2.24) is 9.78 Å². The van der Waals surface area contributed by atoms with Gasteiger partial charge in [-0.25, -0.2) is 4.39 Å². The van der Waals surface area contributed by atoms with Gasteiger partial charge in [0.15, 0.2) is 0 Å². The van der Waals surface area contributed by atoms with Crippen molar-refractivity contribution in [2.45, 2.75) is 26.0 Å². The molecule has 2 aromatic rings. The number of hydrogen-bond donors (Lipinski definition) is 1. The van der Waals surface area contributed by atoms with Gasteiger partial charge in [0.2, 0.25) is 0 Å². The third-order valence-corrected chi connectivity index (χ3v) is 2.96. The molecule has 96 valence electrons. The minimum atomic E-state index is -1.03. The molecule has 1 aromatic heterocycles. The molecule has 1 N–H and O–H groups in total. The summed E-state index contributed by atoms with van der Waals surface area (Å²) in [6.07, 6.45) is 1.46. The molecule has 0 aliphatic heterocycles. The van der Waals surface area contributed by atoms with Gasteiger partial charge in [0.1, 0.15) is 11.9 Å². The Labute approximate surface area is 110 Å². The number of halogens is 2. The molecule has 1 unspecified atom stereocenters. The van der Waals surface area contributed by atoms with E-state index < -0.39 is 11.9 Å². The first-order valence-electron chi connectivity index (χ1n) is 5.78. The Balaban J connectivity index is 2.35. The Hall–Kier alpha value is -1.39. The van der Waals surface area contributed by atoms with Crippen molar-refractivity contribution < 1.29 is 9.50 Å². The Bertz CT molecular complexity index is 542. The molecule has 0 aliphatic rings. The standard InChI is InChI=1S/C13H14ClFN2O/c1-2-7-17-12(5-6-16-17)13(18)10-4-3-9(14)8-11(10)15/h3-6,8,13,18H,2,7H2,1H3. The summed E-state index contributed by atoms with van der Waals surface area (Å²) >= 11 is 5.69. The molecule has 0 spiro atoms. The van der Waals surface area contributed by atoms with E-state index in [1.54, 1.807) is 23.0 Å². The zero-order valence-corrected chi connectivity index (χ0v) is 10.7. The highest BCUT2D eigenvalue weighted by Crippen LogP contribution is 2.26. The van der Waals surface area contributed by atoms with Gasteiger partial charge in [-0.1, -0.05) is 24.6 Å². The molecule has 3 nitrogen and oxygen atoms in total. The van der Waals surface area contributed by atoms with Gasteiger partial charge in [0.25, 0.3) is 0 Å². The lowest BCUT2D eigenvalue weighted by atomic mass is 10.1. The Morgan fingerprint density at radius 1 is 1.44 bits per heavy atom. The number of benzene rings is 1. The van der Waals surface area contributed by atoms with Crippen molar-refractivity contribution in [3.8, 4) is 0 Å². The molecule has 0 radical (unpaired) electrons. The van der Waals surface area contributed by atoms with Gasteiger partial charge in [-0.3, -0.25) is 4.68 Å². The van der Waals surface area contributed by atoms with Crippen LogP contribution in [0.4, 0.5) is 4.39 Å². The smallest absolute Gasteiger partial charge is 0.130 e. The molecular formula is C13H14ClFN2O. The van der Waals surface area contributed by atoms with Crippen molar-refractivity contribution in [1.29, 1.82) is 0 Å². The zero-order chi connectivity index (χ0) is 13.1. The monoisotopic (exact) mass is 268 g/mol. The highest BCUT2D eigenvalue weighted by atomic mass is 35.5. The molecule has 0 bridgehead atoms. The van der Waals surface area contributed by atoms with E-state index in [1.807, 2.05) is 6.92 Å². The fraction of sp³-hybridized carbons (Fsp3) is 0.308. The molecule has 0 saturated carbocycles. The molecule has 0 saturated heterocycles. The quantitative estimate of drug-likeness (QED) is 0.925. The van der Waals surface area contributed by atoms with Gasteiger partial charge in [-0.05, 0) is 24.6 Å². The van der Waals surface area contributed by atoms with Crippen molar-refractivity contribution in [3.05, 3.63) is 52.6 Å². The van der Waals surface area contributed by atoms with Crippen LogP contribution < -0.4 is 0 Å². The summed E-state index contributed by atoms with van der Waals surface area (Å²) in [6.45, 7) is 2.70. The molecule has 1 heterocycles. The van der Waals surface area contributed by atoms with E-state index >= 15 is 0 Å². The lowest BCUT2D eigenvalue weighted by molar-refractivity contribution is 0.202. The van der Waals surface area contributed by atoms with Crippen LogP contribution in [0.1, 0.15) is 30.7 Å². The van der Waals surface area contributed by atoms with Crippen molar-refractivity contribution in [2.24, 2.45) is 0 Å². The molecule has 1 atom stereocenters. The summed E-state index contributed by atoms with van der Waals surface area (Å²) in [5.74, 6) is -0.515. The zero-order valence-electron chi connectivity index (χ0n) is 9.98. The minimum absolute atomic E-state index is 0.206. The van der Waals surface area contributed by atoms with E-state index in [2.05, 4.69) is 5.10 Å². The second-order valence-electron chi connectivity index (χ2n) is 4.05. The van der Waals surface area contributed by atoms with Crippen LogP contribution in [0.2, 0.25) is 5.02 Å². The van der Waals surface area contributed by atoms with Crippen LogP contribution in [0.5, 0.6) is 0 Å². The number of rotatable bonds is 4. The van der Waals surface area contributed by atoms with Gasteiger partial charge in [-0.2, -0.15) is 5.10 Å². The molecule has 1 aromatic carbocycles. The highest BCUT2D eigenvalue weighted by molar-refractivity contribution is 6.30. The molecule has 18 heavy (non-hydrogen) atoms. The van der Waals surface area contributed by atoms with E-state index in [0.29, 0.717) is 17.3 Å². The average Bonchev–Trinajstić information content (AvgIpc) is 2.77. The molecule has 0 aliphatic carbocycles. The van der Waals surface area contributed by atoms with Crippen LogP contribution >= 0.6 is 11.6 Å². The van der Waals surface area contributed by atoms with Gasteiger partial charge in [0.05, 0.1) is 5.69 Å². The predicted octanol–water partition coefficient (Wildman–Crippen LogP) is 3.17. The second-order valence-corrected chi connectivity index (χ2v) is 4.48. The lowest BCUT2D eigenvalue weighted by Gasteiger charge is -2.14. The molecular weight excluding hydrogens is 255 g/mol. The Kier molecular flexibility index (Phi) is 3.99. The maximum Gasteiger partial charge on any atom is 0.130 e. The fourth-order valence-corrected chi connectivity index (χ4v) is 2.02. The third kappa shape index (κ3) is 2.54. The number of aryl methyl sites for hydroxylation is 1. The van der Waals surface area contributed by atoms with Gasteiger partial charge < -0.3 is 5.11 Å². The van der Waals surface area contributed by atoms with Gasteiger partial charge in [-0.15, -0.1) is 0 Å². The van der Waals surface area contributed by atoms with Crippen LogP contribution in [0.3, 0.4) is 0 Å². The highest BCUT2D eigenvalue weighted by Gasteiger charge is 2.18. The topological polar surface area (TPSA) is 38.0 Å². The summed E-state index contributed by atoms with van der Waals surface area (Å²) in [4.78, 5) is 0. The number of hydrogen-bond acceptors (Lipinski definition) is 2. The first kappa shape index (κ1) is 13.1. The van der Waals surface area contributed by atoms with E-state index in [0.717, 1.165) is 6.42 Å². The summed E-state index contributed by atoms with van der Waals surface area (Å²) in [5, 5.41) is 14.6. The van der Waals surface area contributed by atoms with Crippen LogP contribution in [0.15, 0.2) is 30.5 Å². The summed E-state index contributed by atoms with van der Waals surface area (Å²) in [5.41, 5.74) is 0.787. The van der Waals surface area contributed by atoms with Gasteiger partial charge >= 0.3 is 0 Å². The minimum Gasteiger partial charge on any atom is -0.382 e. The number of nitrogens with zero attached hydrogens (tertiary/aromatic N) is 2. The van der Waals surface area contributed by atoms with Crippen LogP contribution in [-0.4, -0.2) is 14.9 Å². The normalized spacial score (nSPS) is 12.7. The van der Waals surface area contributed by atoms with Gasteiger partial charge in [0, 0.05) is 23.3 Å². The number of aliphatic hydroxyl groups excluding tert-OH is 1. The van der Waals surface area contributed by atoms with Crippen molar-refractivity contribution in [2.75, 3.05) is 0 Å². The number of aliphatic hydroxyl groups is 1. The van der Waals surface area contributed by atoms with Crippen LogP contribution in [0.25, 0.3) is 0 Å².